The van der Waals surface area contributed by atoms with Crippen LogP contribution in [0, 0.1) is 0 Å². The van der Waals surface area contributed by atoms with Crippen molar-refractivity contribution in [2.75, 3.05) is 5.73 Å². The fourth-order valence-electron chi connectivity index (χ4n) is 1.16. The third kappa shape index (κ3) is 0.955. The van der Waals surface area contributed by atoms with Gasteiger partial charge in [0, 0.05) is 17.3 Å². The van der Waals surface area contributed by atoms with E-state index in [9.17, 15) is 5.11 Å². The second-order valence-electron chi connectivity index (χ2n) is 2.60. The minimum absolute atomic E-state index is 0.210. The van der Waals surface area contributed by atoms with Gasteiger partial charge in [0.2, 0.25) is 0 Å². The van der Waals surface area contributed by atoms with Crippen molar-refractivity contribution in [1.29, 1.82) is 0 Å². The zero-order valence-electron chi connectivity index (χ0n) is 6.36. The van der Waals surface area contributed by atoms with Crippen LogP contribution < -0.4 is 5.73 Å². The topological polar surface area (TPSA) is 59.1 Å². The summed E-state index contributed by atoms with van der Waals surface area (Å²) in [4.78, 5) is 4.09. The quantitative estimate of drug-likeness (QED) is 0.614. The number of fused-ring (bicyclic) bond motifs is 1. The van der Waals surface area contributed by atoms with Gasteiger partial charge in [0.05, 0.1) is 5.52 Å². The number of benzene rings is 1. The number of hydrogen-bond donors (Lipinski definition) is 2. The maximum atomic E-state index is 9.17. The Bertz CT molecular complexity index is 426. The van der Waals surface area contributed by atoms with E-state index in [4.69, 9.17) is 5.73 Å². The predicted molar refractivity (Wildman–Crippen MR) is 47.8 cm³/mol. The summed E-state index contributed by atoms with van der Waals surface area (Å²) in [5, 5.41) is 9.96. The third-order valence-electron chi connectivity index (χ3n) is 1.76. The minimum atomic E-state index is 0.210. The molecule has 0 atom stereocenters. The van der Waals surface area contributed by atoms with Gasteiger partial charge >= 0.3 is 0 Å². The van der Waals surface area contributed by atoms with Gasteiger partial charge in [0.25, 0.3) is 0 Å². The molecule has 1 heterocycles. The Balaban J connectivity index is 2.88. The molecule has 0 fully saturated rings. The lowest BCUT2D eigenvalue weighted by Gasteiger charge is -2.00. The Morgan fingerprint density at radius 1 is 1.25 bits per heavy atom. The van der Waals surface area contributed by atoms with Gasteiger partial charge in [-0.1, -0.05) is 0 Å². The number of phenolic OH excluding ortho intramolecular Hbond substituents is 1. The standard InChI is InChI=1S/C9H8N2O/c10-8-3-4-11-9-2-1-6(12)5-7(8)9/h1-5,12H,(H2,10,11). The van der Waals surface area contributed by atoms with Gasteiger partial charge in [0.1, 0.15) is 5.75 Å². The monoisotopic (exact) mass is 160 g/mol. The second-order valence-corrected chi connectivity index (χ2v) is 2.60. The number of pyridine rings is 1. The molecular weight excluding hydrogens is 152 g/mol. The van der Waals surface area contributed by atoms with Gasteiger partial charge in [-0.05, 0) is 24.3 Å². The van der Waals surface area contributed by atoms with Crippen molar-refractivity contribution in [3.63, 3.8) is 0 Å². The normalized spacial score (nSPS) is 10.3. The molecule has 0 aliphatic heterocycles. The fraction of sp³-hybridized carbons (Fsp3) is 0. The van der Waals surface area contributed by atoms with Crippen LogP contribution in [-0.4, -0.2) is 10.1 Å². The van der Waals surface area contributed by atoms with E-state index in [1.54, 1.807) is 30.5 Å². The summed E-state index contributed by atoms with van der Waals surface area (Å²) in [7, 11) is 0. The van der Waals surface area contributed by atoms with Crippen molar-refractivity contribution in [3.8, 4) is 5.75 Å². The fourth-order valence-corrected chi connectivity index (χ4v) is 1.16. The van der Waals surface area contributed by atoms with Gasteiger partial charge in [0.15, 0.2) is 0 Å². The number of aromatic hydroxyl groups is 1. The van der Waals surface area contributed by atoms with Crippen LogP contribution in [0.5, 0.6) is 5.75 Å². The Kier molecular flexibility index (Phi) is 1.37. The first kappa shape index (κ1) is 6.91. The highest BCUT2D eigenvalue weighted by Crippen LogP contribution is 2.22. The van der Waals surface area contributed by atoms with Crippen LogP contribution in [0.3, 0.4) is 0 Å². The first-order valence-corrected chi connectivity index (χ1v) is 3.60. The highest BCUT2D eigenvalue weighted by atomic mass is 16.3. The molecule has 3 heteroatoms. The van der Waals surface area contributed by atoms with Crippen LogP contribution in [0.4, 0.5) is 5.69 Å². The summed E-state index contributed by atoms with van der Waals surface area (Å²) in [6.45, 7) is 0. The van der Waals surface area contributed by atoms with Crippen molar-refractivity contribution in [3.05, 3.63) is 30.5 Å². The van der Waals surface area contributed by atoms with Crippen LogP contribution >= 0.6 is 0 Å². The van der Waals surface area contributed by atoms with Crippen molar-refractivity contribution < 1.29 is 5.11 Å². The van der Waals surface area contributed by atoms with Crippen molar-refractivity contribution in [1.82, 2.24) is 4.98 Å². The summed E-state index contributed by atoms with van der Waals surface area (Å²) >= 11 is 0. The van der Waals surface area contributed by atoms with Crippen LogP contribution in [0.1, 0.15) is 0 Å². The smallest absolute Gasteiger partial charge is 0.116 e. The molecule has 0 unspecified atom stereocenters. The van der Waals surface area contributed by atoms with Gasteiger partial charge < -0.3 is 10.8 Å². The van der Waals surface area contributed by atoms with Crippen molar-refractivity contribution in [2.24, 2.45) is 0 Å². The van der Waals surface area contributed by atoms with E-state index in [0.717, 1.165) is 10.9 Å². The van der Waals surface area contributed by atoms with Gasteiger partial charge in [-0.2, -0.15) is 0 Å². The summed E-state index contributed by atoms with van der Waals surface area (Å²) in [6, 6.07) is 6.65. The van der Waals surface area contributed by atoms with Gasteiger partial charge in [-0.15, -0.1) is 0 Å². The predicted octanol–water partition coefficient (Wildman–Crippen LogP) is 1.52. The molecule has 3 N–H and O–H groups in total. The molecule has 1 aromatic carbocycles. The number of rotatable bonds is 0. The van der Waals surface area contributed by atoms with E-state index in [1.807, 2.05) is 0 Å². The van der Waals surface area contributed by atoms with E-state index < -0.39 is 0 Å². The molecule has 2 aromatic rings. The summed E-state index contributed by atoms with van der Waals surface area (Å²) in [6.07, 6.45) is 1.65. The lowest BCUT2D eigenvalue weighted by atomic mass is 10.2. The number of phenols is 1. The molecule has 2 rings (SSSR count). The molecule has 1 aromatic heterocycles. The van der Waals surface area contributed by atoms with Crippen LogP contribution in [-0.2, 0) is 0 Å². The maximum Gasteiger partial charge on any atom is 0.116 e. The highest BCUT2D eigenvalue weighted by molar-refractivity contribution is 5.90. The maximum absolute atomic E-state index is 9.17. The minimum Gasteiger partial charge on any atom is -0.508 e. The Morgan fingerprint density at radius 2 is 2.08 bits per heavy atom. The average Bonchev–Trinajstić information content (AvgIpc) is 2.07. The molecule has 12 heavy (non-hydrogen) atoms. The second kappa shape index (κ2) is 2.37. The molecule has 0 aliphatic rings. The summed E-state index contributed by atoms with van der Waals surface area (Å²) < 4.78 is 0. The number of aromatic nitrogens is 1. The Labute approximate surface area is 69.5 Å². The largest absolute Gasteiger partial charge is 0.508 e. The van der Waals surface area contributed by atoms with Crippen molar-refractivity contribution in [2.45, 2.75) is 0 Å². The molecule has 0 bridgehead atoms. The number of anilines is 1. The lowest BCUT2D eigenvalue weighted by Crippen LogP contribution is -1.87. The van der Waals surface area contributed by atoms with Gasteiger partial charge in [-0.25, -0.2) is 0 Å². The first-order chi connectivity index (χ1) is 5.77. The molecule has 3 nitrogen and oxygen atoms in total. The van der Waals surface area contributed by atoms with E-state index in [0.29, 0.717) is 5.69 Å². The summed E-state index contributed by atoms with van der Waals surface area (Å²) in [5.41, 5.74) is 7.11. The van der Waals surface area contributed by atoms with E-state index in [1.165, 1.54) is 0 Å². The van der Waals surface area contributed by atoms with Gasteiger partial charge in [-0.3, -0.25) is 4.98 Å². The third-order valence-corrected chi connectivity index (χ3v) is 1.76. The Morgan fingerprint density at radius 3 is 2.92 bits per heavy atom. The molecular formula is C9H8N2O. The first-order valence-electron chi connectivity index (χ1n) is 3.60. The Hall–Kier alpha value is -1.77. The number of nitrogens with two attached hydrogens (primary N) is 1. The average molecular weight is 160 g/mol. The zero-order chi connectivity index (χ0) is 8.55. The molecule has 0 aliphatic carbocycles. The molecule has 0 spiro atoms. The highest BCUT2D eigenvalue weighted by Gasteiger charge is 1.98. The molecule has 0 saturated heterocycles. The van der Waals surface area contributed by atoms with Crippen LogP contribution in [0.25, 0.3) is 10.9 Å². The van der Waals surface area contributed by atoms with E-state index in [-0.39, 0.29) is 5.75 Å². The van der Waals surface area contributed by atoms with Crippen molar-refractivity contribution >= 4 is 16.6 Å². The van der Waals surface area contributed by atoms with E-state index in [2.05, 4.69) is 4.98 Å². The SMILES string of the molecule is Nc1ccnc2ccc(O)cc12. The molecule has 60 valence electrons. The van der Waals surface area contributed by atoms with E-state index >= 15 is 0 Å². The molecule has 0 radical (unpaired) electrons. The lowest BCUT2D eigenvalue weighted by molar-refractivity contribution is 0.476. The molecule has 0 amide bonds. The zero-order valence-corrected chi connectivity index (χ0v) is 6.36. The number of nitrogens with zero attached hydrogens (tertiary/aromatic N) is 1. The number of hydrogen-bond acceptors (Lipinski definition) is 3. The molecule has 0 saturated carbocycles. The van der Waals surface area contributed by atoms with Crippen LogP contribution in [0.15, 0.2) is 30.5 Å². The summed E-state index contributed by atoms with van der Waals surface area (Å²) in [5.74, 6) is 0.210. The number of nitrogen functional groups attached to an aromatic ring is 1. The van der Waals surface area contributed by atoms with Crippen LogP contribution in [0.2, 0.25) is 0 Å².